The van der Waals surface area contributed by atoms with E-state index in [1.54, 1.807) is 7.11 Å². The van der Waals surface area contributed by atoms with Crippen LogP contribution in [0.4, 0.5) is 5.82 Å². The van der Waals surface area contributed by atoms with E-state index in [1.807, 2.05) is 37.5 Å². The number of benzene rings is 1. The molecule has 0 atom stereocenters. The molecule has 90 valence electrons. The van der Waals surface area contributed by atoms with Gasteiger partial charge >= 0.3 is 0 Å². The van der Waals surface area contributed by atoms with Crippen LogP contribution in [0, 0.1) is 0 Å². The summed E-state index contributed by atoms with van der Waals surface area (Å²) in [7, 11) is 3.66. The molecule has 2 rings (SSSR count). The normalized spacial score (nSPS) is 10.5. The van der Waals surface area contributed by atoms with Gasteiger partial charge in [-0.15, -0.1) is 11.6 Å². The molecule has 0 aliphatic heterocycles. The SMILES string of the molecule is COc1ccc2c(N(C)CCCl)nccc2c1. The van der Waals surface area contributed by atoms with E-state index in [9.17, 15) is 0 Å². The van der Waals surface area contributed by atoms with Crippen LogP contribution in [-0.4, -0.2) is 31.6 Å². The number of pyridine rings is 1. The number of nitrogens with zero attached hydrogens (tertiary/aromatic N) is 2. The first-order valence-corrected chi connectivity index (χ1v) is 5.99. The fourth-order valence-corrected chi connectivity index (χ4v) is 2.06. The van der Waals surface area contributed by atoms with Gasteiger partial charge in [0, 0.05) is 31.1 Å². The summed E-state index contributed by atoms with van der Waals surface area (Å²) >= 11 is 5.76. The Morgan fingerprint density at radius 3 is 2.88 bits per heavy atom. The Hall–Kier alpha value is -1.48. The molecule has 0 unspecified atom stereocenters. The molecule has 0 amide bonds. The van der Waals surface area contributed by atoms with Crippen molar-refractivity contribution < 1.29 is 4.74 Å². The third-order valence-corrected chi connectivity index (χ3v) is 2.90. The van der Waals surface area contributed by atoms with E-state index in [1.165, 1.54) is 0 Å². The molecular weight excluding hydrogens is 236 g/mol. The van der Waals surface area contributed by atoms with Gasteiger partial charge in [0.25, 0.3) is 0 Å². The number of hydrogen-bond acceptors (Lipinski definition) is 3. The van der Waals surface area contributed by atoms with Crippen molar-refractivity contribution in [2.75, 3.05) is 31.5 Å². The zero-order valence-corrected chi connectivity index (χ0v) is 10.7. The Kier molecular flexibility index (Phi) is 3.69. The molecule has 0 saturated heterocycles. The third kappa shape index (κ3) is 2.44. The highest BCUT2D eigenvalue weighted by atomic mass is 35.5. The first-order valence-electron chi connectivity index (χ1n) is 5.46. The van der Waals surface area contributed by atoms with Crippen LogP contribution >= 0.6 is 11.6 Å². The van der Waals surface area contributed by atoms with Crippen molar-refractivity contribution in [3.05, 3.63) is 30.5 Å². The standard InChI is InChI=1S/C13H15ClN2O/c1-16(8-6-14)13-12-4-3-11(17-2)9-10(12)5-7-15-13/h3-5,7,9H,6,8H2,1-2H3. The first kappa shape index (κ1) is 12.0. The summed E-state index contributed by atoms with van der Waals surface area (Å²) in [6, 6.07) is 7.97. The summed E-state index contributed by atoms with van der Waals surface area (Å²) in [5.41, 5.74) is 0. The van der Waals surface area contributed by atoms with E-state index in [-0.39, 0.29) is 0 Å². The summed E-state index contributed by atoms with van der Waals surface area (Å²) in [6.07, 6.45) is 1.81. The lowest BCUT2D eigenvalue weighted by Gasteiger charge is -2.18. The lowest BCUT2D eigenvalue weighted by Crippen LogP contribution is -2.20. The molecule has 0 saturated carbocycles. The zero-order valence-electron chi connectivity index (χ0n) is 9.98. The monoisotopic (exact) mass is 250 g/mol. The lowest BCUT2D eigenvalue weighted by atomic mass is 10.1. The molecule has 2 aromatic rings. The van der Waals surface area contributed by atoms with E-state index in [0.29, 0.717) is 5.88 Å². The average molecular weight is 251 g/mol. The van der Waals surface area contributed by atoms with Gasteiger partial charge in [0.1, 0.15) is 11.6 Å². The summed E-state index contributed by atoms with van der Waals surface area (Å²) in [6.45, 7) is 0.777. The second-order valence-corrected chi connectivity index (χ2v) is 4.21. The minimum absolute atomic E-state index is 0.588. The molecule has 0 N–H and O–H groups in total. The van der Waals surface area contributed by atoms with E-state index in [2.05, 4.69) is 9.88 Å². The number of halogens is 1. The Morgan fingerprint density at radius 2 is 2.18 bits per heavy atom. The average Bonchev–Trinajstić information content (AvgIpc) is 2.37. The van der Waals surface area contributed by atoms with Gasteiger partial charge in [0.05, 0.1) is 7.11 Å². The van der Waals surface area contributed by atoms with Crippen LogP contribution < -0.4 is 9.64 Å². The van der Waals surface area contributed by atoms with Crippen molar-refractivity contribution in [1.29, 1.82) is 0 Å². The molecule has 1 aromatic heterocycles. The minimum Gasteiger partial charge on any atom is -0.497 e. The van der Waals surface area contributed by atoms with Crippen molar-refractivity contribution >= 4 is 28.2 Å². The maximum Gasteiger partial charge on any atom is 0.136 e. The second kappa shape index (κ2) is 5.23. The van der Waals surface area contributed by atoms with Crippen molar-refractivity contribution in [3.63, 3.8) is 0 Å². The Labute approximate surface area is 106 Å². The summed E-state index contributed by atoms with van der Waals surface area (Å²) in [5.74, 6) is 2.39. The minimum atomic E-state index is 0.588. The number of hydrogen-bond donors (Lipinski definition) is 0. The van der Waals surface area contributed by atoms with Crippen LogP contribution in [0.1, 0.15) is 0 Å². The molecule has 0 aliphatic carbocycles. The quantitative estimate of drug-likeness (QED) is 0.781. The molecular formula is C13H15ClN2O. The van der Waals surface area contributed by atoms with E-state index < -0.39 is 0 Å². The zero-order chi connectivity index (χ0) is 12.3. The summed E-state index contributed by atoms with van der Waals surface area (Å²) in [4.78, 5) is 6.46. The third-order valence-electron chi connectivity index (χ3n) is 2.73. The number of anilines is 1. The topological polar surface area (TPSA) is 25.4 Å². The first-order chi connectivity index (χ1) is 8.26. The van der Waals surface area contributed by atoms with Gasteiger partial charge in [-0.1, -0.05) is 0 Å². The van der Waals surface area contributed by atoms with Crippen LogP contribution in [0.3, 0.4) is 0 Å². The van der Waals surface area contributed by atoms with Gasteiger partial charge in [-0.2, -0.15) is 0 Å². The van der Waals surface area contributed by atoms with Gasteiger partial charge in [-0.3, -0.25) is 0 Å². The molecule has 17 heavy (non-hydrogen) atoms. The summed E-state index contributed by atoms with van der Waals surface area (Å²) < 4.78 is 5.22. The highest BCUT2D eigenvalue weighted by Gasteiger charge is 2.07. The van der Waals surface area contributed by atoms with Crippen molar-refractivity contribution in [1.82, 2.24) is 4.98 Å². The van der Waals surface area contributed by atoms with E-state index >= 15 is 0 Å². The molecule has 1 heterocycles. The van der Waals surface area contributed by atoms with Gasteiger partial charge in [0.2, 0.25) is 0 Å². The molecule has 0 radical (unpaired) electrons. The van der Waals surface area contributed by atoms with Crippen molar-refractivity contribution in [2.24, 2.45) is 0 Å². The van der Waals surface area contributed by atoms with Crippen molar-refractivity contribution in [2.45, 2.75) is 0 Å². The maximum atomic E-state index is 5.76. The summed E-state index contributed by atoms with van der Waals surface area (Å²) in [5, 5.41) is 2.23. The highest BCUT2D eigenvalue weighted by molar-refractivity contribution is 6.18. The van der Waals surface area contributed by atoms with Crippen LogP contribution in [-0.2, 0) is 0 Å². The van der Waals surface area contributed by atoms with Crippen LogP contribution in [0.15, 0.2) is 30.5 Å². The molecule has 4 heteroatoms. The fourth-order valence-electron chi connectivity index (χ4n) is 1.80. The number of aromatic nitrogens is 1. The van der Waals surface area contributed by atoms with Gasteiger partial charge < -0.3 is 9.64 Å². The number of methoxy groups -OCH3 is 1. The molecule has 1 aromatic carbocycles. The molecule has 0 aliphatic rings. The lowest BCUT2D eigenvalue weighted by molar-refractivity contribution is 0.415. The molecule has 0 fully saturated rings. The van der Waals surface area contributed by atoms with Crippen LogP contribution in [0.2, 0.25) is 0 Å². The van der Waals surface area contributed by atoms with Crippen LogP contribution in [0.5, 0.6) is 5.75 Å². The second-order valence-electron chi connectivity index (χ2n) is 3.83. The number of alkyl halides is 1. The molecule has 3 nitrogen and oxygen atoms in total. The molecule has 0 bridgehead atoms. The predicted octanol–water partition coefficient (Wildman–Crippen LogP) is 2.92. The Balaban J connectivity index is 2.50. The van der Waals surface area contributed by atoms with Gasteiger partial charge in [-0.05, 0) is 29.7 Å². The van der Waals surface area contributed by atoms with E-state index in [4.69, 9.17) is 16.3 Å². The molecule has 0 spiro atoms. The van der Waals surface area contributed by atoms with Crippen molar-refractivity contribution in [3.8, 4) is 5.75 Å². The largest absolute Gasteiger partial charge is 0.497 e. The van der Waals surface area contributed by atoms with Gasteiger partial charge in [0.15, 0.2) is 0 Å². The maximum absolute atomic E-state index is 5.76. The van der Waals surface area contributed by atoms with E-state index in [0.717, 1.165) is 28.9 Å². The Morgan fingerprint density at radius 1 is 1.35 bits per heavy atom. The van der Waals surface area contributed by atoms with Gasteiger partial charge in [-0.25, -0.2) is 4.98 Å². The smallest absolute Gasteiger partial charge is 0.136 e. The number of ether oxygens (including phenoxy) is 1. The highest BCUT2D eigenvalue weighted by Crippen LogP contribution is 2.26. The van der Waals surface area contributed by atoms with Crippen LogP contribution in [0.25, 0.3) is 10.8 Å². The Bertz CT molecular complexity index is 516. The number of rotatable bonds is 4. The number of fused-ring (bicyclic) bond motifs is 1. The predicted molar refractivity (Wildman–Crippen MR) is 72.3 cm³/mol. The fraction of sp³-hybridized carbons (Fsp3) is 0.308.